The first-order valence-electron chi connectivity index (χ1n) is 5.06. The highest BCUT2D eigenvalue weighted by molar-refractivity contribution is 4.76. The molecule has 0 aliphatic heterocycles. The van der Waals surface area contributed by atoms with Crippen LogP contribution in [0.4, 0.5) is 0 Å². The van der Waals surface area contributed by atoms with E-state index < -0.39 is 12.5 Å². The number of aliphatic hydroxyl groups excluding tert-OH is 2. The molecule has 0 amide bonds. The lowest BCUT2D eigenvalue weighted by molar-refractivity contribution is -0.133. The van der Waals surface area contributed by atoms with Crippen LogP contribution in [0.1, 0.15) is 26.5 Å². The summed E-state index contributed by atoms with van der Waals surface area (Å²) in [6, 6.07) is 0. The zero-order valence-electron chi connectivity index (χ0n) is 9.08. The molecule has 86 valence electrons. The molecule has 0 fully saturated rings. The Hall–Kier alpha value is -0.910. The van der Waals surface area contributed by atoms with Crippen LogP contribution < -0.4 is 0 Å². The Kier molecular flexibility index (Phi) is 4.74. The van der Waals surface area contributed by atoms with Gasteiger partial charge in [-0.3, -0.25) is 0 Å². The third kappa shape index (κ3) is 3.99. The molecule has 0 aliphatic carbocycles. The van der Waals surface area contributed by atoms with Crippen LogP contribution >= 0.6 is 0 Å². The van der Waals surface area contributed by atoms with Crippen molar-refractivity contribution in [2.45, 2.75) is 32.8 Å². The van der Waals surface area contributed by atoms with Crippen LogP contribution in [0.15, 0.2) is 18.7 Å². The molecule has 0 saturated carbocycles. The average Bonchev–Trinajstić information content (AvgIpc) is 2.70. The van der Waals surface area contributed by atoms with Crippen LogP contribution in [-0.4, -0.2) is 32.7 Å². The summed E-state index contributed by atoms with van der Waals surface area (Å²) in [6.45, 7) is 4.06. The molecule has 0 aliphatic rings. The van der Waals surface area contributed by atoms with Gasteiger partial charge >= 0.3 is 0 Å². The number of nitrogens with zero attached hydrogens (tertiary/aromatic N) is 2. The SMILES string of the molecule is CC(C)C(O)OCCC(O)n1ccnc1. The Bertz CT molecular complexity index is 262. The van der Waals surface area contributed by atoms with Gasteiger partial charge in [0.2, 0.25) is 0 Å². The Morgan fingerprint density at radius 3 is 2.67 bits per heavy atom. The number of aliphatic hydroxyl groups is 2. The summed E-state index contributed by atoms with van der Waals surface area (Å²) in [5, 5.41) is 19.0. The first kappa shape index (κ1) is 12.2. The molecular formula is C10H18N2O3. The van der Waals surface area contributed by atoms with Gasteiger partial charge in [-0.15, -0.1) is 0 Å². The lowest BCUT2D eigenvalue weighted by Crippen LogP contribution is -2.21. The predicted molar refractivity (Wildman–Crippen MR) is 54.9 cm³/mol. The van der Waals surface area contributed by atoms with E-state index in [0.717, 1.165) is 0 Å². The Balaban J connectivity index is 2.21. The third-order valence-electron chi connectivity index (χ3n) is 2.10. The fraction of sp³-hybridized carbons (Fsp3) is 0.700. The summed E-state index contributed by atoms with van der Waals surface area (Å²) in [4.78, 5) is 3.83. The predicted octanol–water partition coefficient (Wildman–Crippen LogP) is 0.755. The zero-order valence-corrected chi connectivity index (χ0v) is 9.08. The van der Waals surface area contributed by atoms with Gasteiger partial charge in [0, 0.05) is 24.7 Å². The summed E-state index contributed by atoms with van der Waals surface area (Å²) < 4.78 is 6.72. The summed E-state index contributed by atoms with van der Waals surface area (Å²) in [5.74, 6) is 0.0652. The zero-order chi connectivity index (χ0) is 11.3. The number of hydrogen-bond acceptors (Lipinski definition) is 4. The third-order valence-corrected chi connectivity index (χ3v) is 2.10. The van der Waals surface area contributed by atoms with Crippen LogP contribution in [0.3, 0.4) is 0 Å². The van der Waals surface area contributed by atoms with Crippen molar-refractivity contribution in [2.75, 3.05) is 6.61 Å². The number of ether oxygens (including phenoxy) is 1. The topological polar surface area (TPSA) is 67.5 Å². The minimum atomic E-state index is -0.764. The van der Waals surface area contributed by atoms with Gasteiger partial charge < -0.3 is 19.5 Å². The van der Waals surface area contributed by atoms with Gasteiger partial charge in [0.05, 0.1) is 12.9 Å². The monoisotopic (exact) mass is 214 g/mol. The molecule has 5 heteroatoms. The van der Waals surface area contributed by atoms with Gasteiger partial charge in [-0.05, 0) is 0 Å². The molecule has 15 heavy (non-hydrogen) atoms. The fourth-order valence-electron chi connectivity index (χ4n) is 1.08. The molecular weight excluding hydrogens is 196 g/mol. The maximum absolute atomic E-state index is 9.62. The van der Waals surface area contributed by atoms with Crippen LogP contribution in [0.5, 0.6) is 0 Å². The minimum Gasteiger partial charge on any atom is -0.373 e. The summed E-state index contributed by atoms with van der Waals surface area (Å²) in [5.41, 5.74) is 0. The van der Waals surface area contributed by atoms with Crippen LogP contribution in [0.25, 0.3) is 0 Å². The second-order valence-electron chi connectivity index (χ2n) is 3.78. The molecule has 1 rings (SSSR count). The van der Waals surface area contributed by atoms with Gasteiger partial charge in [-0.25, -0.2) is 4.98 Å². The molecule has 2 atom stereocenters. The van der Waals surface area contributed by atoms with Crippen molar-refractivity contribution in [3.05, 3.63) is 18.7 Å². The molecule has 1 heterocycles. The van der Waals surface area contributed by atoms with E-state index in [1.165, 1.54) is 0 Å². The molecule has 0 bridgehead atoms. The molecule has 2 N–H and O–H groups in total. The van der Waals surface area contributed by atoms with E-state index in [-0.39, 0.29) is 5.92 Å². The normalized spacial score (nSPS) is 15.5. The van der Waals surface area contributed by atoms with Gasteiger partial charge in [-0.1, -0.05) is 13.8 Å². The summed E-state index contributed by atoms with van der Waals surface area (Å²) in [7, 11) is 0. The molecule has 1 aromatic rings. The van der Waals surface area contributed by atoms with Crippen molar-refractivity contribution in [1.82, 2.24) is 9.55 Å². The highest BCUT2D eigenvalue weighted by Gasteiger charge is 2.11. The van der Waals surface area contributed by atoms with Gasteiger partial charge in [0.15, 0.2) is 6.29 Å². The van der Waals surface area contributed by atoms with Crippen LogP contribution in [-0.2, 0) is 4.74 Å². The molecule has 0 radical (unpaired) electrons. The van der Waals surface area contributed by atoms with Gasteiger partial charge in [0.25, 0.3) is 0 Å². The molecule has 0 aromatic carbocycles. The first-order valence-corrected chi connectivity index (χ1v) is 5.06. The molecule has 0 saturated heterocycles. The minimum absolute atomic E-state index is 0.0652. The number of hydrogen-bond donors (Lipinski definition) is 2. The maximum atomic E-state index is 9.62. The van der Waals surface area contributed by atoms with E-state index in [0.29, 0.717) is 13.0 Å². The highest BCUT2D eigenvalue weighted by Crippen LogP contribution is 2.09. The van der Waals surface area contributed by atoms with Gasteiger partial charge in [0.1, 0.15) is 6.23 Å². The van der Waals surface area contributed by atoms with E-state index in [2.05, 4.69) is 4.98 Å². The van der Waals surface area contributed by atoms with Crippen molar-refractivity contribution >= 4 is 0 Å². The van der Waals surface area contributed by atoms with Crippen molar-refractivity contribution in [2.24, 2.45) is 5.92 Å². The van der Waals surface area contributed by atoms with E-state index in [9.17, 15) is 10.2 Å². The largest absolute Gasteiger partial charge is 0.373 e. The van der Waals surface area contributed by atoms with E-state index in [4.69, 9.17) is 4.74 Å². The fourth-order valence-corrected chi connectivity index (χ4v) is 1.08. The Labute approximate surface area is 89.3 Å². The van der Waals surface area contributed by atoms with E-state index in [1.807, 2.05) is 13.8 Å². The number of rotatable bonds is 6. The van der Waals surface area contributed by atoms with Crippen molar-refractivity contribution in [3.63, 3.8) is 0 Å². The van der Waals surface area contributed by atoms with Crippen molar-refractivity contribution in [3.8, 4) is 0 Å². The Morgan fingerprint density at radius 2 is 2.13 bits per heavy atom. The maximum Gasteiger partial charge on any atom is 0.156 e. The first-order chi connectivity index (χ1) is 7.11. The molecule has 1 aromatic heterocycles. The van der Waals surface area contributed by atoms with E-state index >= 15 is 0 Å². The average molecular weight is 214 g/mol. The van der Waals surface area contributed by atoms with Gasteiger partial charge in [-0.2, -0.15) is 0 Å². The number of aromatic nitrogens is 2. The van der Waals surface area contributed by atoms with Crippen molar-refractivity contribution in [1.29, 1.82) is 0 Å². The smallest absolute Gasteiger partial charge is 0.156 e. The lowest BCUT2D eigenvalue weighted by atomic mass is 10.2. The second-order valence-corrected chi connectivity index (χ2v) is 3.78. The lowest BCUT2D eigenvalue weighted by Gasteiger charge is -2.17. The molecule has 2 unspecified atom stereocenters. The quantitative estimate of drug-likeness (QED) is 0.686. The van der Waals surface area contributed by atoms with Crippen LogP contribution in [0, 0.1) is 5.92 Å². The molecule has 0 spiro atoms. The Morgan fingerprint density at radius 1 is 1.40 bits per heavy atom. The standard InChI is InChI=1S/C10H18N2O3/c1-8(2)10(14)15-6-3-9(13)12-5-4-11-7-12/h4-5,7-10,13-14H,3,6H2,1-2H3. The molecule has 5 nitrogen and oxygen atoms in total. The summed E-state index contributed by atoms with van der Waals surface area (Å²) in [6.07, 6.45) is 3.85. The summed E-state index contributed by atoms with van der Waals surface area (Å²) >= 11 is 0. The second kappa shape index (κ2) is 5.85. The van der Waals surface area contributed by atoms with Crippen LogP contribution in [0.2, 0.25) is 0 Å². The van der Waals surface area contributed by atoms with E-state index in [1.54, 1.807) is 23.3 Å². The van der Waals surface area contributed by atoms with Crippen molar-refractivity contribution < 1.29 is 14.9 Å². The number of imidazole rings is 1. The highest BCUT2D eigenvalue weighted by atomic mass is 16.6.